The highest BCUT2D eigenvalue weighted by Gasteiger charge is 2.40. The highest BCUT2D eigenvalue weighted by atomic mass is 35.5. The lowest BCUT2D eigenvalue weighted by Gasteiger charge is -2.39. The molecule has 0 amide bonds. The molecule has 9 heteroatoms. The average molecular weight is 395 g/mol. The van der Waals surface area contributed by atoms with Crippen molar-refractivity contribution >= 4 is 35.2 Å². The van der Waals surface area contributed by atoms with E-state index in [0.29, 0.717) is 18.8 Å². The number of halogens is 1. The SMILES string of the molecule is [C-]#[N+]c1ncc(N2CCCC(CC(=O)OC(C)(C)C)C2C(=O)OC)nc1Cl. The second-order valence-corrected chi connectivity index (χ2v) is 7.67. The van der Waals surface area contributed by atoms with Crippen molar-refractivity contribution in [3.8, 4) is 0 Å². The third-order valence-corrected chi connectivity index (χ3v) is 4.40. The van der Waals surface area contributed by atoms with Crippen molar-refractivity contribution in [1.82, 2.24) is 9.97 Å². The molecule has 0 radical (unpaired) electrons. The maximum Gasteiger partial charge on any atom is 0.328 e. The number of nitrogens with zero attached hydrogens (tertiary/aromatic N) is 4. The van der Waals surface area contributed by atoms with Crippen LogP contribution in [-0.4, -0.2) is 47.2 Å². The Hall–Kier alpha value is -2.40. The molecule has 2 unspecified atom stereocenters. The molecule has 0 aromatic carbocycles. The molecule has 1 aromatic rings. The lowest BCUT2D eigenvalue weighted by Crippen LogP contribution is -2.51. The number of hydrogen-bond acceptors (Lipinski definition) is 7. The Morgan fingerprint density at radius 3 is 2.70 bits per heavy atom. The van der Waals surface area contributed by atoms with Crippen LogP contribution >= 0.6 is 11.6 Å². The summed E-state index contributed by atoms with van der Waals surface area (Å²) in [7, 11) is 1.31. The molecule has 2 atom stereocenters. The highest BCUT2D eigenvalue weighted by molar-refractivity contribution is 6.31. The molecule has 0 N–H and O–H groups in total. The first-order valence-electron chi connectivity index (χ1n) is 8.62. The van der Waals surface area contributed by atoms with Gasteiger partial charge in [0.2, 0.25) is 0 Å². The Labute approximate surface area is 163 Å². The first-order chi connectivity index (χ1) is 12.7. The molecule has 0 aliphatic carbocycles. The van der Waals surface area contributed by atoms with Crippen molar-refractivity contribution in [1.29, 1.82) is 0 Å². The van der Waals surface area contributed by atoms with Crippen LogP contribution in [0.15, 0.2) is 6.20 Å². The van der Waals surface area contributed by atoms with Crippen LogP contribution in [0.1, 0.15) is 40.0 Å². The first kappa shape index (κ1) is 20.9. The number of piperidine rings is 1. The van der Waals surface area contributed by atoms with Gasteiger partial charge in [-0.1, -0.05) is 18.2 Å². The quantitative estimate of drug-likeness (QED) is 0.572. The summed E-state index contributed by atoms with van der Waals surface area (Å²) in [5.41, 5.74) is -0.596. The van der Waals surface area contributed by atoms with Crippen LogP contribution in [0.25, 0.3) is 4.85 Å². The number of ether oxygens (including phenoxy) is 2. The van der Waals surface area contributed by atoms with Crippen molar-refractivity contribution in [2.45, 2.75) is 51.7 Å². The second kappa shape index (κ2) is 8.53. The highest BCUT2D eigenvalue weighted by Crippen LogP contribution is 2.33. The monoisotopic (exact) mass is 394 g/mol. The normalized spacial score (nSPS) is 19.9. The van der Waals surface area contributed by atoms with Crippen molar-refractivity contribution in [3.05, 3.63) is 22.8 Å². The third-order valence-electron chi connectivity index (χ3n) is 4.15. The first-order valence-corrected chi connectivity index (χ1v) is 9.00. The second-order valence-electron chi connectivity index (χ2n) is 7.31. The minimum absolute atomic E-state index is 0.00245. The van der Waals surface area contributed by atoms with E-state index in [2.05, 4.69) is 14.8 Å². The van der Waals surface area contributed by atoms with Crippen LogP contribution < -0.4 is 4.90 Å². The zero-order valence-corrected chi connectivity index (χ0v) is 16.6. The van der Waals surface area contributed by atoms with E-state index in [0.717, 1.165) is 6.42 Å². The van der Waals surface area contributed by atoms with Gasteiger partial charge in [0.25, 0.3) is 0 Å². The molecular weight excluding hydrogens is 372 g/mol. The van der Waals surface area contributed by atoms with Gasteiger partial charge in [0.1, 0.15) is 11.6 Å². The molecule has 2 rings (SSSR count). The van der Waals surface area contributed by atoms with Crippen LogP contribution in [-0.2, 0) is 19.1 Å². The van der Waals surface area contributed by atoms with Gasteiger partial charge >= 0.3 is 17.8 Å². The molecule has 0 spiro atoms. The third kappa shape index (κ3) is 5.30. The molecule has 2 heterocycles. The molecule has 0 bridgehead atoms. The number of aromatic nitrogens is 2. The van der Waals surface area contributed by atoms with Crippen LogP contribution in [0.4, 0.5) is 11.6 Å². The fraction of sp³-hybridized carbons (Fsp3) is 0.611. The average Bonchev–Trinajstić information content (AvgIpc) is 2.59. The van der Waals surface area contributed by atoms with Gasteiger partial charge in [0.15, 0.2) is 17.2 Å². The Morgan fingerprint density at radius 2 is 2.15 bits per heavy atom. The molecule has 8 nitrogen and oxygen atoms in total. The molecule has 1 aliphatic rings. The molecule has 27 heavy (non-hydrogen) atoms. The Morgan fingerprint density at radius 1 is 1.44 bits per heavy atom. The lowest BCUT2D eigenvalue weighted by molar-refractivity contribution is -0.157. The van der Waals surface area contributed by atoms with E-state index >= 15 is 0 Å². The molecule has 1 saturated heterocycles. The predicted molar refractivity (Wildman–Crippen MR) is 99.6 cm³/mol. The van der Waals surface area contributed by atoms with E-state index in [1.165, 1.54) is 13.3 Å². The molecular formula is C18H23ClN4O4. The van der Waals surface area contributed by atoms with Crippen LogP contribution in [0.2, 0.25) is 5.15 Å². The summed E-state index contributed by atoms with van der Waals surface area (Å²) in [5.74, 6) is -0.748. The maximum absolute atomic E-state index is 12.5. The lowest BCUT2D eigenvalue weighted by atomic mass is 9.86. The number of esters is 2. The van der Waals surface area contributed by atoms with Crippen molar-refractivity contribution < 1.29 is 19.1 Å². The predicted octanol–water partition coefficient (Wildman–Crippen LogP) is 3.17. The molecule has 1 aromatic heterocycles. The van der Waals surface area contributed by atoms with Gasteiger partial charge in [-0.25, -0.2) is 9.78 Å². The number of anilines is 1. The summed E-state index contributed by atoms with van der Waals surface area (Å²) in [6, 6.07) is -0.708. The topological polar surface area (TPSA) is 86.0 Å². The van der Waals surface area contributed by atoms with Gasteiger partial charge in [-0.2, -0.15) is 0 Å². The van der Waals surface area contributed by atoms with Gasteiger partial charge < -0.3 is 19.2 Å². The van der Waals surface area contributed by atoms with Gasteiger partial charge in [0, 0.05) is 12.5 Å². The smallest absolute Gasteiger partial charge is 0.328 e. The van der Waals surface area contributed by atoms with E-state index in [9.17, 15) is 9.59 Å². The van der Waals surface area contributed by atoms with E-state index in [4.69, 9.17) is 27.6 Å². The Bertz CT molecular complexity index is 757. The number of carbonyl (C=O) groups excluding carboxylic acids is 2. The summed E-state index contributed by atoms with van der Waals surface area (Å²) in [5, 5.41) is -0.0274. The van der Waals surface area contributed by atoms with E-state index in [-0.39, 0.29) is 29.3 Å². The van der Waals surface area contributed by atoms with Gasteiger partial charge in [-0.3, -0.25) is 4.79 Å². The van der Waals surface area contributed by atoms with Gasteiger partial charge in [0.05, 0.1) is 13.5 Å². The van der Waals surface area contributed by atoms with Crippen LogP contribution in [0, 0.1) is 12.5 Å². The number of carbonyl (C=O) groups is 2. The van der Waals surface area contributed by atoms with Crippen molar-refractivity contribution in [2.24, 2.45) is 5.92 Å². The van der Waals surface area contributed by atoms with Crippen LogP contribution in [0.3, 0.4) is 0 Å². The number of methoxy groups -OCH3 is 1. The maximum atomic E-state index is 12.5. The summed E-state index contributed by atoms with van der Waals surface area (Å²) in [4.78, 5) is 37.9. The summed E-state index contributed by atoms with van der Waals surface area (Å²) >= 11 is 6.00. The largest absolute Gasteiger partial charge is 0.467 e. The number of rotatable bonds is 4. The van der Waals surface area contributed by atoms with Gasteiger partial charge in [-0.05, 0) is 33.6 Å². The van der Waals surface area contributed by atoms with E-state index in [1.807, 2.05) is 0 Å². The van der Waals surface area contributed by atoms with Gasteiger partial charge in [-0.15, -0.1) is 4.98 Å². The molecule has 1 aliphatic heterocycles. The molecule has 1 fully saturated rings. The minimum atomic E-state index is -0.708. The van der Waals surface area contributed by atoms with Crippen molar-refractivity contribution in [2.75, 3.05) is 18.6 Å². The standard InChI is InChI=1S/C18H23ClN4O4/c1-18(2,3)27-13(24)9-11-7-6-8-23(14(11)17(25)26-5)12-10-21-16(20-4)15(19)22-12/h10-11,14H,6-9H2,1-3,5H3. The fourth-order valence-corrected chi connectivity index (χ4v) is 3.33. The summed E-state index contributed by atoms with van der Waals surface area (Å²) in [6.45, 7) is 12.9. The molecule has 0 saturated carbocycles. The Kier molecular flexibility index (Phi) is 6.60. The molecule has 146 valence electrons. The minimum Gasteiger partial charge on any atom is -0.467 e. The Balaban J connectivity index is 2.29. The van der Waals surface area contributed by atoms with E-state index in [1.54, 1.807) is 25.7 Å². The van der Waals surface area contributed by atoms with E-state index < -0.39 is 17.6 Å². The van der Waals surface area contributed by atoms with Crippen LogP contribution in [0.5, 0.6) is 0 Å². The zero-order chi connectivity index (χ0) is 20.2. The summed E-state index contributed by atoms with van der Waals surface area (Å²) in [6.07, 6.45) is 2.93. The zero-order valence-electron chi connectivity index (χ0n) is 15.9. The number of hydrogen-bond donors (Lipinski definition) is 0. The van der Waals surface area contributed by atoms with Crippen molar-refractivity contribution in [3.63, 3.8) is 0 Å². The summed E-state index contributed by atoms with van der Waals surface area (Å²) < 4.78 is 10.4. The fourth-order valence-electron chi connectivity index (χ4n) is 3.15.